The van der Waals surface area contributed by atoms with Gasteiger partial charge < -0.3 is 14.4 Å². The van der Waals surface area contributed by atoms with Crippen LogP contribution in [0.1, 0.15) is 18.4 Å². The third-order valence-electron chi connectivity index (χ3n) is 5.37. The molecule has 1 aromatic rings. The van der Waals surface area contributed by atoms with Gasteiger partial charge in [0, 0.05) is 50.5 Å². The van der Waals surface area contributed by atoms with Gasteiger partial charge in [-0.15, -0.1) is 0 Å². The third kappa shape index (κ3) is 3.41. The minimum atomic E-state index is -0.573. The Labute approximate surface area is 145 Å². The molecule has 4 rings (SSSR count). The number of fused-ring (bicyclic) bond motifs is 1. The smallest absolute Gasteiger partial charge is 0.249 e. The van der Waals surface area contributed by atoms with E-state index in [1.54, 1.807) is 0 Å². The minimum Gasteiger partial charge on any atom is -0.381 e. The lowest BCUT2D eigenvalue weighted by Crippen LogP contribution is -2.58. The highest BCUT2D eigenvalue weighted by atomic mass is 19.1. The van der Waals surface area contributed by atoms with Crippen molar-refractivity contribution in [1.29, 1.82) is 0 Å². The molecule has 3 heterocycles. The number of halogens is 2. The molecule has 3 aliphatic heterocycles. The topological polar surface area (TPSA) is 42.0 Å². The highest BCUT2D eigenvalue weighted by molar-refractivity contribution is 5.79. The fraction of sp³-hybridized carbons (Fsp3) is 0.611. The summed E-state index contributed by atoms with van der Waals surface area (Å²) in [4.78, 5) is 16.5. The molecule has 2 atom stereocenters. The molecule has 0 saturated carbocycles. The molecule has 0 bridgehead atoms. The summed E-state index contributed by atoms with van der Waals surface area (Å²) >= 11 is 0. The second kappa shape index (κ2) is 6.97. The Balaban J connectivity index is 1.47. The van der Waals surface area contributed by atoms with Crippen LogP contribution in [0.4, 0.5) is 8.78 Å². The molecule has 0 spiro atoms. The lowest BCUT2D eigenvalue weighted by molar-refractivity contribution is -0.159. The standard InChI is InChI=1S/C18H22F2N2O3/c19-13-2-1-12(15(20)7-13)8-21-9-16-17(10-21)25-11-18(23)22(16)14-3-5-24-6-4-14/h1-2,7,14,16-17H,3-6,8-11H2/t16-,17-/m0/s1. The van der Waals surface area contributed by atoms with E-state index in [1.165, 1.54) is 12.1 Å². The first kappa shape index (κ1) is 16.9. The Morgan fingerprint density at radius 1 is 1.16 bits per heavy atom. The van der Waals surface area contributed by atoms with Gasteiger partial charge in [-0.05, 0) is 18.9 Å². The van der Waals surface area contributed by atoms with Gasteiger partial charge in [0.2, 0.25) is 5.91 Å². The molecule has 1 amide bonds. The molecule has 7 heteroatoms. The molecule has 0 aliphatic carbocycles. The minimum absolute atomic E-state index is 0.00661. The average Bonchev–Trinajstić information content (AvgIpc) is 3.00. The molecule has 0 radical (unpaired) electrons. The summed E-state index contributed by atoms with van der Waals surface area (Å²) in [5.41, 5.74) is 0.462. The van der Waals surface area contributed by atoms with Gasteiger partial charge in [0.25, 0.3) is 0 Å². The van der Waals surface area contributed by atoms with Gasteiger partial charge in [0.1, 0.15) is 18.2 Å². The first-order valence-corrected chi connectivity index (χ1v) is 8.78. The monoisotopic (exact) mass is 352 g/mol. The zero-order valence-electron chi connectivity index (χ0n) is 14.0. The van der Waals surface area contributed by atoms with Gasteiger partial charge >= 0.3 is 0 Å². The van der Waals surface area contributed by atoms with Crippen molar-refractivity contribution in [3.05, 3.63) is 35.4 Å². The largest absolute Gasteiger partial charge is 0.381 e. The molecule has 25 heavy (non-hydrogen) atoms. The number of morpholine rings is 1. The number of ether oxygens (including phenoxy) is 2. The summed E-state index contributed by atoms with van der Waals surface area (Å²) in [5, 5.41) is 0. The molecular weight excluding hydrogens is 330 g/mol. The van der Waals surface area contributed by atoms with Crippen LogP contribution in [0.2, 0.25) is 0 Å². The summed E-state index contributed by atoms with van der Waals surface area (Å²) in [7, 11) is 0. The number of hydrogen-bond acceptors (Lipinski definition) is 4. The zero-order valence-corrected chi connectivity index (χ0v) is 14.0. The van der Waals surface area contributed by atoms with Crippen LogP contribution in [0.15, 0.2) is 18.2 Å². The molecule has 0 unspecified atom stereocenters. The van der Waals surface area contributed by atoms with Crippen molar-refractivity contribution in [2.45, 2.75) is 37.6 Å². The lowest BCUT2D eigenvalue weighted by atomic mass is 10.0. The fourth-order valence-electron chi connectivity index (χ4n) is 4.16. The molecule has 0 N–H and O–H groups in total. The first-order valence-electron chi connectivity index (χ1n) is 8.78. The summed E-state index contributed by atoms with van der Waals surface area (Å²) < 4.78 is 38.1. The first-order chi connectivity index (χ1) is 12.1. The lowest BCUT2D eigenvalue weighted by Gasteiger charge is -2.43. The predicted molar refractivity (Wildman–Crippen MR) is 85.9 cm³/mol. The highest BCUT2D eigenvalue weighted by Crippen LogP contribution is 2.29. The van der Waals surface area contributed by atoms with Gasteiger partial charge in [-0.2, -0.15) is 0 Å². The summed E-state index contributed by atoms with van der Waals surface area (Å²) in [6.07, 6.45) is 1.65. The molecule has 3 fully saturated rings. The normalized spacial score (nSPS) is 28.4. The highest BCUT2D eigenvalue weighted by Gasteiger charge is 2.45. The van der Waals surface area contributed by atoms with Crippen LogP contribution in [0, 0.1) is 11.6 Å². The number of hydrogen-bond donors (Lipinski definition) is 0. The van der Waals surface area contributed by atoms with Gasteiger partial charge in [-0.3, -0.25) is 9.69 Å². The number of carbonyl (C=O) groups is 1. The molecule has 3 aliphatic rings. The number of amides is 1. The molecule has 3 saturated heterocycles. The Morgan fingerprint density at radius 3 is 2.72 bits per heavy atom. The second-order valence-electron chi connectivity index (χ2n) is 6.99. The number of rotatable bonds is 3. The maximum atomic E-state index is 13.9. The summed E-state index contributed by atoms with van der Waals surface area (Å²) in [6.45, 7) is 3.14. The molecule has 136 valence electrons. The van der Waals surface area contributed by atoms with Crippen molar-refractivity contribution in [3.63, 3.8) is 0 Å². The number of likely N-dealkylation sites (tertiary alicyclic amines) is 1. The SMILES string of the molecule is O=C1CO[C@H]2CN(Cc3ccc(F)cc3F)C[C@@H]2N1C1CCOCC1. The Morgan fingerprint density at radius 2 is 1.96 bits per heavy atom. The fourth-order valence-corrected chi connectivity index (χ4v) is 4.16. The van der Waals surface area contributed by atoms with Crippen molar-refractivity contribution in [3.8, 4) is 0 Å². The zero-order chi connectivity index (χ0) is 17.4. The second-order valence-corrected chi connectivity index (χ2v) is 6.99. The van der Waals surface area contributed by atoms with E-state index in [9.17, 15) is 13.6 Å². The average molecular weight is 352 g/mol. The quantitative estimate of drug-likeness (QED) is 0.828. The predicted octanol–water partition coefficient (Wildman–Crippen LogP) is 1.56. The van der Waals surface area contributed by atoms with Crippen molar-refractivity contribution in [2.75, 3.05) is 32.9 Å². The number of carbonyl (C=O) groups excluding carboxylic acids is 1. The maximum Gasteiger partial charge on any atom is 0.249 e. The van der Waals surface area contributed by atoms with Gasteiger partial charge in [0.15, 0.2) is 0 Å². The van der Waals surface area contributed by atoms with E-state index < -0.39 is 11.6 Å². The van der Waals surface area contributed by atoms with E-state index in [4.69, 9.17) is 9.47 Å². The third-order valence-corrected chi connectivity index (χ3v) is 5.37. The van der Waals surface area contributed by atoms with Crippen LogP contribution < -0.4 is 0 Å². The summed E-state index contributed by atoms with van der Waals surface area (Å²) in [6, 6.07) is 3.85. The van der Waals surface area contributed by atoms with Crippen molar-refractivity contribution >= 4 is 5.91 Å². The molecular formula is C18H22F2N2O3. The van der Waals surface area contributed by atoms with Crippen LogP contribution in [-0.4, -0.2) is 66.8 Å². The van der Waals surface area contributed by atoms with E-state index in [2.05, 4.69) is 4.90 Å². The van der Waals surface area contributed by atoms with Crippen LogP contribution in [0.5, 0.6) is 0 Å². The van der Waals surface area contributed by atoms with Crippen LogP contribution >= 0.6 is 0 Å². The number of benzene rings is 1. The van der Waals surface area contributed by atoms with Gasteiger partial charge in [-0.25, -0.2) is 8.78 Å². The van der Waals surface area contributed by atoms with Crippen LogP contribution in [-0.2, 0) is 20.8 Å². The van der Waals surface area contributed by atoms with Crippen molar-refractivity contribution < 1.29 is 23.0 Å². The van der Waals surface area contributed by atoms with Crippen LogP contribution in [0.25, 0.3) is 0 Å². The van der Waals surface area contributed by atoms with Crippen LogP contribution in [0.3, 0.4) is 0 Å². The Kier molecular flexibility index (Phi) is 4.71. The van der Waals surface area contributed by atoms with Gasteiger partial charge in [0.05, 0.1) is 12.1 Å². The molecule has 0 aromatic heterocycles. The van der Waals surface area contributed by atoms with E-state index in [0.717, 1.165) is 18.9 Å². The van der Waals surface area contributed by atoms with E-state index in [-0.39, 0.29) is 30.7 Å². The van der Waals surface area contributed by atoms with Crippen molar-refractivity contribution in [2.24, 2.45) is 0 Å². The maximum absolute atomic E-state index is 13.9. The van der Waals surface area contributed by atoms with E-state index in [1.807, 2.05) is 4.90 Å². The van der Waals surface area contributed by atoms with Gasteiger partial charge in [-0.1, -0.05) is 6.07 Å². The van der Waals surface area contributed by atoms with Crippen molar-refractivity contribution in [1.82, 2.24) is 9.80 Å². The molecule has 1 aromatic carbocycles. The molecule has 5 nitrogen and oxygen atoms in total. The Bertz CT molecular complexity index is 651. The van der Waals surface area contributed by atoms with E-state index >= 15 is 0 Å². The summed E-state index contributed by atoms with van der Waals surface area (Å²) in [5.74, 6) is -1.08. The van der Waals surface area contributed by atoms with E-state index in [0.29, 0.717) is 38.4 Å². The number of nitrogens with zero attached hydrogens (tertiary/aromatic N) is 2. The Hall–Kier alpha value is -1.57.